The second-order valence-corrected chi connectivity index (χ2v) is 5.90. The summed E-state index contributed by atoms with van der Waals surface area (Å²) in [7, 11) is -1.64. The lowest BCUT2D eigenvalue weighted by Gasteiger charge is -2.09. The van der Waals surface area contributed by atoms with Crippen LogP contribution in [0.3, 0.4) is 0 Å². The van der Waals surface area contributed by atoms with E-state index >= 15 is 0 Å². The molecule has 0 bridgehead atoms. The topological polar surface area (TPSA) is 69.4 Å². The fourth-order valence-corrected chi connectivity index (χ4v) is 3.00. The second-order valence-electron chi connectivity index (χ2n) is 3.79. The number of rotatable bonds is 6. The Labute approximate surface area is 103 Å². The number of hydrogen-bond acceptors (Lipinski definition) is 4. The van der Waals surface area contributed by atoms with Crippen LogP contribution in [-0.2, 0) is 16.3 Å². The van der Waals surface area contributed by atoms with Gasteiger partial charge in [-0.05, 0) is 43.1 Å². The van der Waals surface area contributed by atoms with E-state index in [1.54, 1.807) is 25.3 Å². The maximum absolute atomic E-state index is 12.0. The minimum Gasteiger partial charge on any atom is -0.496 e. The Kier molecular flexibility index (Phi) is 4.96. The molecular weight excluding hydrogens is 238 g/mol. The Morgan fingerprint density at radius 2 is 2.06 bits per heavy atom. The number of aryl methyl sites for hydroxylation is 1. The van der Waals surface area contributed by atoms with Crippen molar-refractivity contribution in [2.45, 2.75) is 24.7 Å². The van der Waals surface area contributed by atoms with Crippen molar-refractivity contribution < 1.29 is 13.2 Å². The first kappa shape index (κ1) is 14.0. The lowest BCUT2D eigenvalue weighted by molar-refractivity contribution is 0.409. The highest BCUT2D eigenvalue weighted by Crippen LogP contribution is 2.23. The molecule has 0 spiro atoms. The molecule has 0 aliphatic carbocycles. The zero-order valence-corrected chi connectivity index (χ0v) is 11.1. The molecule has 0 aromatic heterocycles. The van der Waals surface area contributed by atoms with Gasteiger partial charge in [-0.25, -0.2) is 8.42 Å². The lowest BCUT2D eigenvalue weighted by Crippen LogP contribution is -2.11. The molecule has 1 aromatic rings. The van der Waals surface area contributed by atoms with Gasteiger partial charge in [-0.2, -0.15) is 0 Å². The fraction of sp³-hybridized carbons (Fsp3) is 0.500. The molecule has 0 atom stereocenters. The highest BCUT2D eigenvalue weighted by atomic mass is 32.2. The fourth-order valence-electron chi connectivity index (χ4n) is 1.62. The van der Waals surface area contributed by atoms with Crippen molar-refractivity contribution in [1.82, 2.24) is 0 Å². The van der Waals surface area contributed by atoms with E-state index in [-0.39, 0.29) is 5.75 Å². The van der Waals surface area contributed by atoms with Crippen molar-refractivity contribution >= 4 is 9.84 Å². The first-order valence-corrected chi connectivity index (χ1v) is 7.30. The molecule has 4 nitrogen and oxygen atoms in total. The summed E-state index contributed by atoms with van der Waals surface area (Å²) in [5.74, 6) is 0.823. The van der Waals surface area contributed by atoms with E-state index in [4.69, 9.17) is 10.5 Å². The third-order valence-electron chi connectivity index (χ3n) is 2.61. The van der Waals surface area contributed by atoms with Crippen LogP contribution in [0.4, 0.5) is 0 Å². The maximum Gasteiger partial charge on any atom is 0.178 e. The standard InChI is InChI=1S/C12H19NO3S/c1-3-10-9-11(5-6-12(10)16-2)17(14,15)8-4-7-13/h5-6,9H,3-4,7-8,13H2,1-2H3. The Balaban J connectivity index is 3.07. The molecule has 0 saturated heterocycles. The van der Waals surface area contributed by atoms with Gasteiger partial charge in [0, 0.05) is 0 Å². The summed E-state index contributed by atoms with van der Waals surface area (Å²) >= 11 is 0. The number of benzene rings is 1. The SMILES string of the molecule is CCc1cc(S(=O)(=O)CCCN)ccc1OC. The van der Waals surface area contributed by atoms with Crippen LogP contribution in [0.25, 0.3) is 0 Å². The van der Waals surface area contributed by atoms with Gasteiger partial charge in [0.25, 0.3) is 0 Å². The molecule has 17 heavy (non-hydrogen) atoms. The molecule has 0 saturated carbocycles. The van der Waals surface area contributed by atoms with Gasteiger partial charge in [0.2, 0.25) is 0 Å². The molecule has 0 aliphatic heterocycles. The monoisotopic (exact) mass is 257 g/mol. The van der Waals surface area contributed by atoms with Crippen LogP contribution >= 0.6 is 0 Å². The average Bonchev–Trinajstić information content (AvgIpc) is 2.35. The van der Waals surface area contributed by atoms with E-state index in [1.807, 2.05) is 6.92 Å². The normalized spacial score (nSPS) is 11.5. The number of nitrogens with two attached hydrogens (primary N) is 1. The van der Waals surface area contributed by atoms with Crippen molar-refractivity contribution in [3.8, 4) is 5.75 Å². The minimum atomic E-state index is -3.22. The minimum absolute atomic E-state index is 0.0962. The van der Waals surface area contributed by atoms with Gasteiger partial charge in [-0.3, -0.25) is 0 Å². The van der Waals surface area contributed by atoms with E-state index in [0.717, 1.165) is 17.7 Å². The predicted molar refractivity (Wildman–Crippen MR) is 68.1 cm³/mol. The summed E-state index contributed by atoms with van der Waals surface area (Å²) < 4.78 is 29.1. The lowest BCUT2D eigenvalue weighted by atomic mass is 10.1. The van der Waals surface area contributed by atoms with Gasteiger partial charge >= 0.3 is 0 Å². The number of ether oxygens (including phenoxy) is 1. The molecule has 1 rings (SSSR count). The van der Waals surface area contributed by atoms with Crippen LogP contribution in [0.15, 0.2) is 23.1 Å². The van der Waals surface area contributed by atoms with Gasteiger partial charge < -0.3 is 10.5 Å². The van der Waals surface area contributed by atoms with Crippen LogP contribution in [-0.4, -0.2) is 27.8 Å². The zero-order valence-electron chi connectivity index (χ0n) is 10.3. The van der Waals surface area contributed by atoms with E-state index in [9.17, 15) is 8.42 Å². The largest absolute Gasteiger partial charge is 0.496 e. The van der Waals surface area contributed by atoms with Crippen LogP contribution in [0.1, 0.15) is 18.9 Å². The smallest absolute Gasteiger partial charge is 0.178 e. The van der Waals surface area contributed by atoms with Crippen LogP contribution < -0.4 is 10.5 Å². The molecule has 96 valence electrons. The number of methoxy groups -OCH3 is 1. The first-order valence-electron chi connectivity index (χ1n) is 5.65. The Hall–Kier alpha value is -1.07. The van der Waals surface area contributed by atoms with Crippen LogP contribution in [0.2, 0.25) is 0 Å². The molecule has 0 unspecified atom stereocenters. The van der Waals surface area contributed by atoms with Gasteiger partial charge in [-0.15, -0.1) is 0 Å². The summed E-state index contributed by atoms with van der Waals surface area (Å²) in [6.07, 6.45) is 1.22. The van der Waals surface area contributed by atoms with Gasteiger partial charge in [0.1, 0.15) is 5.75 Å². The third kappa shape index (κ3) is 3.44. The molecule has 5 heteroatoms. The van der Waals surface area contributed by atoms with Crippen molar-refractivity contribution in [2.75, 3.05) is 19.4 Å². The summed E-state index contributed by atoms with van der Waals surface area (Å²) in [5, 5.41) is 0. The molecule has 0 aliphatic rings. The molecule has 2 N–H and O–H groups in total. The Morgan fingerprint density at radius 3 is 2.59 bits per heavy atom. The molecule has 1 aromatic carbocycles. The van der Waals surface area contributed by atoms with Gasteiger partial charge in [0.05, 0.1) is 17.8 Å². The quantitative estimate of drug-likeness (QED) is 0.836. The summed E-state index contributed by atoms with van der Waals surface area (Å²) in [6.45, 7) is 2.35. The first-order chi connectivity index (χ1) is 8.05. The molecular formula is C12H19NO3S. The van der Waals surface area contributed by atoms with E-state index in [2.05, 4.69) is 0 Å². The summed E-state index contributed by atoms with van der Waals surface area (Å²) in [5.41, 5.74) is 6.24. The van der Waals surface area contributed by atoms with Crippen molar-refractivity contribution in [3.05, 3.63) is 23.8 Å². The highest BCUT2D eigenvalue weighted by molar-refractivity contribution is 7.91. The molecule has 0 fully saturated rings. The van der Waals surface area contributed by atoms with Gasteiger partial charge in [-0.1, -0.05) is 6.92 Å². The molecule has 0 heterocycles. The van der Waals surface area contributed by atoms with Crippen molar-refractivity contribution in [2.24, 2.45) is 5.73 Å². The Morgan fingerprint density at radius 1 is 1.35 bits per heavy atom. The molecule has 0 amide bonds. The highest BCUT2D eigenvalue weighted by Gasteiger charge is 2.15. The van der Waals surface area contributed by atoms with E-state index in [1.165, 1.54) is 0 Å². The van der Waals surface area contributed by atoms with E-state index in [0.29, 0.717) is 17.9 Å². The average molecular weight is 257 g/mol. The third-order valence-corrected chi connectivity index (χ3v) is 4.41. The zero-order chi connectivity index (χ0) is 12.9. The second kappa shape index (κ2) is 6.02. The summed E-state index contributed by atoms with van der Waals surface area (Å²) in [4.78, 5) is 0.351. The number of sulfone groups is 1. The Bertz CT molecular complexity index is 469. The number of hydrogen-bond donors (Lipinski definition) is 1. The van der Waals surface area contributed by atoms with Crippen molar-refractivity contribution in [3.63, 3.8) is 0 Å². The summed E-state index contributed by atoms with van der Waals surface area (Å²) in [6, 6.07) is 4.97. The van der Waals surface area contributed by atoms with E-state index < -0.39 is 9.84 Å². The van der Waals surface area contributed by atoms with Gasteiger partial charge in [0.15, 0.2) is 9.84 Å². The maximum atomic E-state index is 12.0. The molecule has 0 radical (unpaired) electrons. The van der Waals surface area contributed by atoms with Crippen molar-refractivity contribution in [1.29, 1.82) is 0 Å². The predicted octanol–water partition coefficient (Wildman–Crippen LogP) is 1.38. The van der Waals surface area contributed by atoms with Crippen LogP contribution in [0.5, 0.6) is 5.75 Å². The van der Waals surface area contributed by atoms with Crippen LogP contribution in [0, 0.1) is 0 Å².